The third kappa shape index (κ3) is 4.46. The van der Waals surface area contributed by atoms with Crippen LogP contribution in [0.4, 0.5) is 4.39 Å². The second kappa shape index (κ2) is 8.11. The molecule has 3 aromatic rings. The quantitative estimate of drug-likeness (QED) is 0.405. The summed E-state index contributed by atoms with van der Waals surface area (Å²) in [5.41, 5.74) is 1.54. The van der Waals surface area contributed by atoms with Crippen molar-refractivity contribution in [3.8, 4) is 11.1 Å². The molecule has 0 bridgehead atoms. The molecule has 3 aromatic carbocycles. The molecule has 0 fully saturated rings. The Kier molecular flexibility index (Phi) is 6.79. The summed E-state index contributed by atoms with van der Waals surface area (Å²) in [7, 11) is 0. The molecule has 0 atom stereocenters. The SMILES string of the molecule is Fc1cccc(Br)c1-[c-]1cccc1.[Fe].[cH-]1[cH-][cH-][cH-][cH-]1. The predicted molar refractivity (Wildman–Crippen MR) is 77.2 cm³/mol. The van der Waals surface area contributed by atoms with Crippen molar-refractivity contribution >= 4 is 15.9 Å². The molecule has 0 radical (unpaired) electrons. The predicted octanol–water partition coefficient (Wildman–Crippen LogP) is 5.38. The third-order valence-corrected chi connectivity index (χ3v) is 3.13. The molecule has 0 aliphatic heterocycles. The van der Waals surface area contributed by atoms with Crippen molar-refractivity contribution in [1.29, 1.82) is 0 Å². The molecule has 0 saturated heterocycles. The van der Waals surface area contributed by atoms with Gasteiger partial charge >= 0.3 is 0 Å². The van der Waals surface area contributed by atoms with Crippen LogP contribution in [-0.2, 0) is 17.1 Å². The van der Waals surface area contributed by atoms with E-state index in [-0.39, 0.29) is 22.9 Å². The van der Waals surface area contributed by atoms with E-state index < -0.39 is 0 Å². The number of hydrogen-bond donors (Lipinski definition) is 0. The van der Waals surface area contributed by atoms with Gasteiger partial charge in [-0.15, -0.1) is 28.1 Å². The maximum absolute atomic E-state index is 13.4. The molecule has 104 valence electrons. The minimum absolute atomic E-state index is 0. The summed E-state index contributed by atoms with van der Waals surface area (Å²) in [6.07, 6.45) is 0. The van der Waals surface area contributed by atoms with Crippen LogP contribution < -0.4 is 0 Å². The van der Waals surface area contributed by atoms with E-state index in [1.54, 1.807) is 6.07 Å². The van der Waals surface area contributed by atoms with Crippen LogP contribution in [0, 0.1) is 5.82 Å². The van der Waals surface area contributed by atoms with Gasteiger partial charge in [0.25, 0.3) is 0 Å². The fourth-order valence-electron chi connectivity index (χ4n) is 1.64. The van der Waals surface area contributed by atoms with Gasteiger partial charge in [-0.05, 0) is 4.47 Å². The van der Waals surface area contributed by atoms with Gasteiger partial charge in [-0.1, -0.05) is 29.3 Å². The number of hydrogen-bond acceptors (Lipinski definition) is 0. The molecule has 0 amide bonds. The Balaban J connectivity index is 0.000000256. The van der Waals surface area contributed by atoms with Crippen molar-refractivity contribution in [2.45, 2.75) is 0 Å². The summed E-state index contributed by atoms with van der Waals surface area (Å²) in [6.45, 7) is 0. The molecule has 0 saturated carbocycles. The van der Waals surface area contributed by atoms with Crippen molar-refractivity contribution in [2.24, 2.45) is 0 Å². The largest absolute Gasteiger partial charge is 0.748 e. The second-order valence-corrected chi connectivity index (χ2v) is 4.59. The molecule has 0 nitrogen and oxygen atoms in total. The van der Waals surface area contributed by atoms with Gasteiger partial charge < -0.3 is 30.3 Å². The molecule has 3 heteroatoms. The van der Waals surface area contributed by atoms with Crippen LogP contribution >= 0.6 is 15.9 Å². The van der Waals surface area contributed by atoms with Crippen molar-refractivity contribution in [3.63, 3.8) is 0 Å². The number of rotatable bonds is 1. The van der Waals surface area contributed by atoms with Crippen LogP contribution in [0.5, 0.6) is 0 Å². The Morgan fingerprint density at radius 2 is 1.42 bits per heavy atom. The number of benzene rings is 1. The standard InChI is InChI=1S/C11H7BrF.C5H5.Fe/c12-9-6-3-7-10(13)11(9)8-4-1-2-5-8;1-2-4-5-3-1;/h1-7H;1-5H;/q-1;-5;. The minimum Gasteiger partial charge on any atom is -0.748 e. The summed E-state index contributed by atoms with van der Waals surface area (Å²) in [5, 5.41) is 0. The first-order valence-electron chi connectivity index (χ1n) is 5.62. The van der Waals surface area contributed by atoms with Crippen LogP contribution in [0.15, 0.2) is 77.3 Å². The van der Waals surface area contributed by atoms with Crippen molar-refractivity contribution in [3.05, 3.63) is 83.1 Å². The van der Waals surface area contributed by atoms with Gasteiger partial charge in [0.1, 0.15) is 0 Å². The number of halogens is 2. The first kappa shape index (κ1) is 15.9. The van der Waals surface area contributed by atoms with E-state index in [1.807, 2.05) is 60.7 Å². The topological polar surface area (TPSA) is 0 Å². The van der Waals surface area contributed by atoms with E-state index in [1.165, 1.54) is 6.07 Å². The molecule has 0 aromatic heterocycles. The minimum atomic E-state index is -0.194. The summed E-state index contributed by atoms with van der Waals surface area (Å²) in [6, 6.07) is 22.6. The summed E-state index contributed by atoms with van der Waals surface area (Å²) in [5.74, 6) is -0.194. The van der Waals surface area contributed by atoms with E-state index >= 15 is 0 Å². The average Bonchev–Trinajstić information content (AvgIpc) is 3.05. The summed E-state index contributed by atoms with van der Waals surface area (Å²) < 4.78 is 14.2. The Bertz CT molecular complexity index is 533. The van der Waals surface area contributed by atoms with Crippen LogP contribution in [0.25, 0.3) is 11.1 Å². The van der Waals surface area contributed by atoms with E-state index in [4.69, 9.17) is 0 Å². The zero-order chi connectivity index (χ0) is 12.8. The van der Waals surface area contributed by atoms with E-state index in [2.05, 4.69) is 15.9 Å². The molecule has 3 rings (SSSR count). The van der Waals surface area contributed by atoms with E-state index in [0.29, 0.717) is 5.56 Å². The fourth-order valence-corrected chi connectivity index (χ4v) is 2.21. The van der Waals surface area contributed by atoms with Gasteiger partial charge in [-0.25, -0.2) is 0 Å². The van der Waals surface area contributed by atoms with Gasteiger partial charge in [0.2, 0.25) is 0 Å². The smallest absolute Gasteiger partial charge is 0.0640 e. The summed E-state index contributed by atoms with van der Waals surface area (Å²) in [4.78, 5) is 0. The Morgan fingerprint density at radius 3 is 1.89 bits per heavy atom. The van der Waals surface area contributed by atoms with Gasteiger partial charge in [0.05, 0.1) is 5.82 Å². The molecule has 0 N–H and O–H groups in total. The van der Waals surface area contributed by atoms with Gasteiger partial charge in [-0.2, -0.15) is 12.1 Å². The monoisotopic (exact) mass is 358 g/mol. The maximum Gasteiger partial charge on any atom is 0.0640 e. The van der Waals surface area contributed by atoms with Gasteiger partial charge in [0.15, 0.2) is 0 Å². The molecule has 19 heavy (non-hydrogen) atoms. The van der Waals surface area contributed by atoms with Crippen LogP contribution in [0.2, 0.25) is 0 Å². The fraction of sp³-hybridized carbons (Fsp3) is 0. The van der Waals surface area contributed by atoms with Crippen LogP contribution in [-0.4, -0.2) is 0 Å². The van der Waals surface area contributed by atoms with Gasteiger partial charge in [-0.3, -0.25) is 4.39 Å². The van der Waals surface area contributed by atoms with Crippen LogP contribution in [0.3, 0.4) is 0 Å². The summed E-state index contributed by atoms with van der Waals surface area (Å²) >= 11 is 3.33. The molecule has 0 aliphatic rings. The first-order valence-corrected chi connectivity index (χ1v) is 6.41. The van der Waals surface area contributed by atoms with Crippen molar-refractivity contribution < 1.29 is 21.5 Å². The van der Waals surface area contributed by atoms with E-state index in [9.17, 15) is 4.39 Å². The molecule has 0 unspecified atom stereocenters. The first-order chi connectivity index (χ1) is 8.79. The second-order valence-electron chi connectivity index (χ2n) is 3.73. The Morgan fingerprint density at radius 1 is 0.895 bits per heavy atom. The zero-order valence-corrected chi connectivity index (χ0v) is 12.7. The van der Waals surface area contributed by atoms with Crippen LogP contribution in [0.1, 0.15) is 0 Å². The Hall–Kier alpha value is -1.15. The molecular formula is C16H12BrFFe-6. The normalized spacial score (nSPS) is 9.16. The zero-order valence-electron chi connectivity index (χ0n) is 10.0. The van der Waals surface area contributed by atoms with E-state index in [0.717, 1.165) is 10.0 Å². The third-order valence-electron chi connectivity index (χ3n) is 2.47. The molecular weight excluding hydrogens is 347 g/mol. The molecule has 0 heterocycles. The molecule has 0 spiro atoms. The maximum atomic E-state index is 13.4. The average molecular weight is 359 g/mol. The van der Waals surface area contributed by atoms with Crippen molar-refractivity contribution in [1.82, 2.24) is 0 Å². The van der Waals surface area contributed by atoms with Crippen molar-refractivity contribution in [2.75, 3.05) is 0 Å². The molecule has 0 aliphatic carbocycles. The Labute approximate surface area is 131 Å². The van der Waals surface area contributed by atoms with Gasteiger partial charge in [0, 0.05) is 17.1 Å².